The van der Waals surface area contributed by atoms with E-state index >= 15 is 0 Å². The highest BCUT2D eigenvalue weighted by Gasteiger charge is 2.49. The molecule has 18 heavy (non-hydrogen) atoms. The Morgan fingerprint density at radius 3 is 2.06 bits per heavy atom. The fraction of sp³-hybridized carbons (Fsp3) is 0.833. The maximum atomic E-state index is 5.78. The second kappa shape index (κ2) is 8.03. The van der Waals surface area contributed by atoms with Crippen molar-refractivity contribution in [3.05, 3.63) is 12.7 Å². The van der Waals surface area contributed by atoms with E-state index in [-0.39, 0.29) is 11.8 Å². The molecule has 0 N–H and O–H groups in total. The molecule has 6 heteroatoms. The van der Waals surface area contributed by atoms with Gasteiger partial charge in [-0.25, -0.2) is 0 Å². The van der Waals surface area contributed by atoms with E-state index in [2.05, 4.69) is 6.58 Å². The van der Waals surface area contributed by atoms with Crippen LogP contribution in [0.15, 0.2) is 12.7 Å². The summed E-state index contributed by atoms with van der Waals surface area (Å²) < 4.78 is 28.2. The molecule has 1 heterocycles. The molecule has 0 aromatic carbocycles. The largest absolute Gasteiger partial charge is 0.535 e. The van der Waals surface area contributed by atoms with Gasteiger partial charge >= 0.3 is 8.80 Å². The minimum Gasteiger partial charge on any atom is -0.372 e. The quantitative estimate of drug-likeness (QED) is 0.325. The predicted molar refractivity (Wildman–Crippen MR) is 70.3 cm³/mol. The number of epoxide rings is 1. The highest BCUT2D eigenvalue weighted by atomic mass is 28.4. The number of rotatable bonds is 11. The van der Waals surface area contributed by atoms with Crippen LogP contribution in [0.2, 0.25) is 0 Å². The Morgan fingerprint density at radius 2 is 1.72 bits per heavy atom. The Morgan fingerprint density at radius 1 is 1.22 bits per heavy atom. The zero-order valence-corrected chi connectivity index (χ0v) is 12.5. The smallest absolute Gasteiger partial charge is 0.372 e. The molecule has 0 aromatic rings. The van der Waals surface area contributed by atoms with Crippen LogP contribution in [0, 0.1) is 0 Å². The standard InChI is InChI=1S/C12H24O5Si/c1-5-12(14-10-11-9-13-11)18(15-6-2,16-7-3)17-8-4/h5,11-12H,1,6-10H2,2-4H3. The molecule has 2 unspecified atom stereocenters. The summed E-state index contributed by atoms with van der Waals surface area (Å²) in [5.41, 5.74) is -0.346. The third-order valence-electron chi connectivity index (χ3n) is 2.46. The van der Waals surface area contributed by atoms with Crippen molar-refractivity contribution in [1.82, 2.24) is 0 Å². The van der Waals surface area contributed by atoms with E-state index in [0.29, 0.717) is 26.4 Å². The summed E-state index contributed by atoms with van der Waals surface area (Å²) >= 11 is 0. The van der Waals surface area contributed by atoms with Crippen molar-refractivity contribution in [3.63, 3.8) is 0 Å². The van der Waals surface area contributed by atoms with Gasteiger partial charge in [0.05, 0.1) is 13.2 Å². The molecule has 0 aliphatic carbocycles. The first kappa shape index (κ1) is 15.8. The van der Waals surface area contributed by atoms with E-state index < -0.39 is 8.80 Å². The lowest BCUT2D eigenvalue weighted by molar-refractivity contribution is 0.00303. The summed E-state index contributed by atoms with van der Waals surface area (Å²) in [6, 6.07) is 0. The van der Waals surface area contributed by atoms with Gasteiger partial charge in [-0.1, -0.05) is 6.08 Å². The monoisotopic (exact) mass is 276 g/mol. The minimum atomic E-state index is -2.86. The second-order valence-electron chi connectivity index (χ2n) is 3.85. The van der Waals surface area contributed by atoms with Crippen molar-refractivity contribution in [2.45, 2.75) is 32.6 Å². The molecular formula is C12H24O5Si. The van der Waals surface area contributed by atoms with Crippen molar-refractivity contribution in [1.29, 1.82) is 0 Å². The van der Waals surface area contributed by atoms with E-state index in [4.69, 9.17) is 22.8 Å². The Labute approximate surface area is 110 Å². The second-order valence-corrected chi connectivity index (χ2v) is 6.49. The molecule has 0 amide bonds. The summed E-state index contributed by atoms with van der Waals surface area (Å²) in [5, 5.41) is 0. The molecule has 2 atom stereocenters. The van der Waals surface area contributed by atoms with Crippen LogP contribution >= 0.6 is 0 Å². The minimum absolute atomic E-state index is 0.198. The average molecular weight is 276 g/mol. The van der Waals surface area contributed by atoms with Crippen molar-refractivity contribution >= 4 is 8.80 Å². The van der Waals surface area contributed by atoms with Crippen LogP contribution in [0.3, 0.4) is 0 Å². The van der Waals surface area contributed by atoms with Crippen LogP contribution in [-0.4, -0.2) is 53.7 Å². The van der Waals surface area contributed by atoms with Crippen LogP contribution in [0.1, 0.15) is 20.8 Å². The fourth-order valence-corrected chi connectivity index (χ4v) is 4.20. The van der Waals surface area contributed by atoms with Crippen molar-refractivity contribution in [2.24, 2.45) is 0 Å². The van der Waals surface area contributed by atoms with Crippen molar-refractivity contribution in [2.75, 3.05) is 33.0 Å². The molecule has 5 nitrogen and oxygen atoms in total. The highest BCUT2D eigenvalue weighted by molar-refractivity contribution is 6.62. The van der Waals surface area contributed by atoms with Gasteiger partial charge in [-0.15, -0.1) is 6.58 Å². The summed E-state index contributed by atoms with van der Waals surface area (Å²) in [5.74, 6) is 0. The zero-order chi connectivity index (χ0) is 13.4. The van der Waals surface area contributed by atoms with Gasteiger partial charge in [0.25, 0.3) is 0 Å². The summed E-state index contributed by atoms with van der Waals surface area (Å²) in [4.78, 5) is 0. The van der Waals surface area contributed by atoms with Gasteiger partial charge in [0.2, 0.25) is 0 Å². The molecule has 106 valence electrons. The molecule has 0 radical (unpaired) electrons. The molecule has 1 aliphatic heterocycles. The van der Waals surface area contributed by atoms with Gasteiger partial charge in [0, 0.05) is 19.8 Å². The maximum absolute atomic E-state index is 5.78. The highest BCUT2D eigenvalue weighted by Crippen LogP contribution is 2.21. The first-order valence-electron chi connectivity index (χ1n) is 6.50. The van der Waals surface area contributed by atoms with Crippen LogP contribution in [0.25, 0.3) is 0 Å². The van der Waals surface area contributed by atoms with Gasteiger partial charge in [0.15, 0.2) is 0 Å². The number of hydrogen-bond acceptors (Lipinski definition) is 5. The van der Waals surface area contributed by atoms with E-state index in [1.807, 2.05) is 20.8 Å². The van der Waals surface area contributed by atoms with Crippen molar-refractivity contribution in [3.8, 4) is 0 Å². The topological polar surface area (TPSA) is 49.5 Å². The Hall–Kier alpha value is -0.243. The zero-order valence-electron chi connectivity index (χ0n) is 11.5. The molecule has 1 aliphatic rings. The molecule has 0 aromatic heterocycles. The first-order chi connectivity index (χ1) is 8.72. The Balaban J connectivity index is 2.68. The normalized spacial score (nSPS) is 20.7. The van der Waals surface area contributed by atoms with E-state index in [1.165, 1.54) is 0 Å². The SMILES string of the molecule is C=CC(OCC1CO1)[Si](OCC)(OCC)OCC. The lowest BCUT2D eigenvalue weighted by Crippen LogP contribution is -2.57. The molecule has 0 saturated carbocycles. The average Bonchev–Trinajstić information content (AvgIpc) is 3.15. The number of ether oxygens (including phenoxy) is 2. The molecule has 0 bridgehead atoms. The van der Waals surface area contributed by atoms with Crippen LogP contribution in [-0.2, 0) is 22.8 Å². The van der Waals surface area contributed by atoms with Crippen LogP contribution < -0.4 is 0 Å². The van der Waals surface area contributed by atoms with Gasteiger partial charge < -0.3 is 22.8 Å². The van der Waals surface area contributed by atoms with E-state index in [1.54, 1.807) is 6.08 Å². The van der Waals surface area contributed by atoms with Gasteiger partial charge in [0.1, 0.15) is 11.8 Å². The summed E-state index contributed by atoms with van der Waals surface area (Å²) in [6.45, 7) is 12.4. The molecule has 1 rings (SSSR count). The maximum Gasteiger partial charge on any atom is 0.535 e. The molecule has 1 fully saturated rings. The van der Waals surface area contributed by atoms with E-state index in [9.17, 15) is 0 Å². The third kappa shape index (κ3) is 4.45. The molecular weight excluding hydrogens is 252 g/mol. The summed E-state index contributed by atoms with van der Waals surface area (Å²) in [6.07, 6.45) is 1.90. The third-order valence-corrected chi connectivity index (χ3v) is 5.64. The van der Waals surface area contributed by atoms with Crippen molar-refractivity contribution < 1.29 is 22.8 Å². The lowest BCUT2D eigenvalue weighted by atomic mass is 10.5. The Kier molecular flexibility index (Phi) is 7.06. The van der Waals surface area contributed by atoms with Gasteiger partial charge in [-0.05, 0) is 20.8 Å². The Bertz CT molecular complexity index is 228. The molecule has 1 saturated heterocycles. The predicted octanol–water partition coefficient (Wildman–Crippen LogP) is 1.54. The molecule has 0 spiro atoms. The number of hydrogen-bond donors (Lipinski definition) is 0. The fourth-order valence-electron chi connectivity index (χ4n) is 1.66. The summed E-state index contributed by atoms with van der Waals surface area (Å²) in [7, 11) is -2.86. The van der Waals surface area contributed by atoms with Crippen LogP contribution in [0.4, 0.5) is 0 Å². The van der Waals surface area contributed by atoms with Gasteiger partial charge in [-0.3, -0.25) is 0 Å². The lowest BCUT2D eigenvalue weighted by Gasteiger charge is -2.33. The first-order valence-corrected chi connectivity index (χ1v) is 8.30. The van der Waals surface area contributed by atoms with Gasteiger partial charge in [-0.2, -0.15) is 0 Å². The van der Waals surface area contributed by atoms with E-state index in [0.717, 1.165) is 6.61 Å². The van der Waals surface area contributed by atoms with Crippen LogP contribution in [0.5, 0.6) is 0 Å².